The summed E-state index contributed by atoms with van der Waals surface area (Å²) in [6, 6.07) is 3.29. The molecule has 0 fully saturated rings. The molecule has 0 aliphatic rings. The molecule has 0 unspecified atom stereocenters. The van der Waals surface area contributed by atoms with Crippen LogP contribution in [0.3, 0.4) is 0 Å². The van der Waals surface area contributed by atoms with Crippen molar-refractivity contribution in [2.75, 3.05) is 14.2 Å². The van der Waals surface area contributed by atoms with Crippen LogP contribution in [0.5, 0.6) is 5.75 Å². The average Bonchev–Trinajstić information content (AvgIpc) is 3.30. The second kappa shape index (κ2) is 7.82. The molecule has 0 spiro atoms. The molecule has 0 bridgehead atoms. The van der Waals surface area contributed by atoms with Crippen molar-refractivity contribution in [3.63, 3.8) is 0 Å². The topological polar surface area (TPSA) is 131 Å². The Hall–Kier alpha value is -3.56. The summed E-state index contributed by atoms with van der Waals surface area (Å²) >= 11 is 0. The van der Waals surface area contributed by atoms with E-state index in [2.05, 4.69) is 25.3 Å². The standard InChI is InChI=1S/C19H23N5O5/c1-19(2,3)29-18(26)21-9-10-8-20-15(22-10)16-23-12-7-6-11(17(25)28-5)14(27-4)13(12)24-16/h6-8H,9H2,1-5H3,(H,20,22)(H,21,26)(H,23,24). The van der Waals surface area contributed by atoms with Crippen molar-refractivity contribution in [3.05, 3.63) is 29.6 Å². The van der Waals surface area contributed by atoms with E-state index >= 15 is 0 Å². The summed E-state index contributed by atoms with van der Waals surface area (Å²) in [6.45, 7) is 5.57. The third-order valence-corrected chi connectivity index (χ3v) is 3.89. The van der Waals surface area contributed by atoms with Crippen LogP contribution in [0.4, 0.5) is 4.79 Å². The van der Waals surface area contributed by atoms with Crippen LogP contribution in [0.1, 0.15) is 36.8 Å². The Morgan fingerprint density at radius 2 is 1.90 bits per heavy atom. The Morgan fingerprint density at radius 1 is 1.14 bits per heavy atom. The molecule has 0 atom stereocenters. The van der Waals surface area contributed by atoms with E-state index < -0.39 is 17.7 Å². The zero-order valence-electron chi connectivity index (χ0n) is 16.9. The van der Waals surface area contributed by atoms with Gasteiger partial charge in [-0.2, -0.15) is 0 Å². The number of carbonyl (C=O) groups excluding carboxylic acids is 2. The first-order chi connectivity index (χ1) is 13.7. The number of H-pyrrole nitrogens is 2. The van der Waals surface area contributed by atoms with Gasteiger partial charge >= 0.3 is 12.1 Å². The number of rotatable bonds is 5. The molecule has 3 aromatic rings. The van der Waals surface area contributed by atoms with E-state index in [1.165, 1.54) is 14.2 Å². The third kappa shape index (κ3) is 4.48. The van der Waals surface area contributed by atoms with E-state index in [9.17, 15) is 9.59 Å². The zero-order chi connectivity index (χ0) is 21.2. The summed E-state index contributed by atoms with van der Waals surface area (Å²) in [5.41, 5.74) is 1.48. The number of imidazole rings is 2. The Morgan fingerprint density at radius 3 is 2.55 bits per heavy atom. The molecule has 1 amide bonds. The lowest BCUT2D eigenvalue weighted by Gasteiger charge is -2.19. The van der Waals surface area contributed by atoms with E-state index in [0.717, 1.165) is 0 Å². The lowest BCUT2D eigenvalue weighted by atomic mass is 10.1. The predicted molar refractivity (Wildman–Crippen MR) is 105 cm³/mol. The number of nitrogens with one attached hydrogen (secondary N) is 3. The molecule has 0 radical (unpaired) electrons. The Bertz CT molecular complexity index is 1050. The number of aromatic amines is 2. The first-order valence-corrected chi connectivity index (χ1v) is 8.88. The molecule has 2 aromatic heterocycles. The molecular weight excluding hydrogens is 378 g/mol. The largest absolute Gasteiger partial charge is 0.494 e. The molecule has 3 N–H and O–H groups in total. The number of hydrogen-bond acceptors (Lipinski definition) is 7. The van der Waals surface area contributed by atoms with Gasteiger partial charge in [-0.15, -0.1) is 0 Å². The van der Waals surface area contributed by atoms with Crippen LogP contribution in [0.2, 0.25) is 0 Å². The Labute approximate surface area is 167 Å². The molecule has 3 rings (SSSR count). The molecule has 10 nitrogen and oxygen atoms in total. The molecule has 2 heterocycles. The average molecular weight is 401 g/mol. The van der Waals surface area contributed by atoms with Crippen molar-refractivity contribution in [2.45, 2.75) is 32.9 Å². The van der Waals surface area contributed by atoms with E-state index in [1.54, 1.807) is 39.1 Å². The minimum Gasteiger partial charge on any atom is -0.494 e. The van der Waals surface area contributed by atoms with E-state index in [4.69, 9.17) is 14.2 Å². The molecule has 0 aliphatic heterocycles. The molecule has 0 saturated carbocycles. The van der Waals surface area contributed by atoms with Gasteiger partial charge in [0.15, 0.2) is 17.4 Å². The molecule has 29 heavy (non-hydrogen) atoms. The van der Waals surface area contributed by atoms with Gasteiger partial charge in [-0.05, 0) is 32.9 Å². The maximum Gasteiger partial charge on any atom is 0.407 e. The first kappa shape index (κ1) is 20.2. The number of fused-ring (bicyclic) bond motifs is 1. The fraction of sp³-hybridized carbons (Fsp3) is 0.368. The molecular formula is C19H23N5O5. The number of aromatic nitrogens is 4. The number of alkyl carbamates (subject to hydrolysis) is 1. The van der Waals surface area contributed by atoms with E-state index in [-0.39, 0.29) is 6.54 Å². The monoisotopic (exact) mass is 401 g/mol. The van der Waals surface area contributed by atoms with Gasteiger partial charge in [0, 0.05) is 6.20 Å². The fourth-order valence-corrected chi connectivity index (χ4v) is 2.70. The number of amides is 1. The molecule has 0 aliphatic carbocycles. The normalized spacial score (nSPS) is 11.3. The highest BCUT2D eigenvalue weighted by atomic mass is 16.6. The first-order valence-electron chi connectivity index (χ1n) is 8.88. The Kier molecular flexibility index (Phi) is 5.44. The van der Waals surface area contributed by atoms with Crippen LogP contribution in [0.15, 0.2) is 18.3 Å². The molecule has 0 saturated heterocycles. The maximum absolute atomic E-state index is 11.9. The van der Waals surface area contributed by atoms with Crippen LogP contribution in [0, 0.1) is 0 Å². The van der Waals surface area contributed by atoms with Gasteiger partial charge in [-0.25, -0.2) is 19.6 Å². The van der Waals surface area contributed by atoms with Gasteiger partial charge < -0.3 is 29.5 Å². The number of ether oxygens (including phenoxy) is 3. The van der Waals surface area contributed by atoms with Gasteiger partial charge in [0.2, 0.25) is 0 Å². The zero-order valence-corrected chi connectivity index (χ0v) is 16.9. The third-order valence-electron chi connectivity index (χ3n) is 3.89. The van der Waals surface area contributed by atoms with Crippen LogP contribution < -0.4 is 10.1 Å². The highest BCUT2D eigenvalue weighted by Gasteiger charge is 2.20. The minimum atomic E-state index is -0.572. The summed E-state index contributed by atoms with van der Waals surface area (Å²) in [5, 5.41) is 2.65. The fourth-order valence-electron chi connectivity index (χ4n) is 2.70. The van der Waals surface area contributed by atoms with Crippen LogP contribution in [-0.2, 0) is 16.0 Å². The smallest absolute Gasteiger partial charge is 0.407 e. The lowest BCUT2D eigenvalue weighted by molar-refractivity contribution is 0.0521. The number of methoxy groups -OCH3 is 2. The second-order valence-corrected chi connectivity index (χ2v) is 7.21. The predicted octanol–water partition coefficient (Wildman–Crippen LogP) is 2.77. The summed E-state index contributed by atoms with van der Waals surface area (Å²) in [6.07, 6.45) is 1.14. The maximum atomic E-state index is 11.9. The highest BCUT2D eigenvalue weighted by molar-refractivity contribution is 5.99. The molecule has 1 aromatic carbocycles. The van der Waals surface area contributed by atoms with E-state index in [1.807, 2.05) is 0 Å². The van der Waals surface area contributed by atoms with Crippen molar-refractivity contribution in [2.24, 2.45) is 0 Å². The van der Waals surface area contributed by atoms with Crippen molar-refractivity contribution in [1.82, 2.24) is 25.3 Å². The van der Waals surface area contributed by atoms with Gasteiger partial charge in [0.25, 0.3) is 0 Å². The van der Waals surface area contributed by atoms with Crippen molar-refractivity contribution in [1.29, 1.82) is 0 Å². The summed E-state index contributed by atoms with van der Waals surface area (Å²) in [5.74, 6) is 0.771. The van der Waals surface area contributed by atoms with Crippen LogP contribution in [-0.4, -0.2) is 51.8 Å². The highest BCUT2D eigenvalue weighted by Crippen LogP contribution is 2.30. The number of benzene rings is 1. The second-order valence-electron chi connectivity index (χ2n) is 7.21. The number of esters is 1. The SMILES string of the molecule is COC(=O)c1ccc2nc(-c3nc(CNC(=O)OC(C)(C)C)c[nH]3)[nH]c2c1OC. The van der Waals surface area contributed by atoms with Gasteiger partial charge in [-0.1, -0.05) is 0 Å². The summed E-state index contributed by atoms with van der Waals surface area (Å²) in [4.78, 5) is 38.7. The lowest BCUT2D eigenvalue weighted by Crippen LogP contribution is -2.32. The van der Waals surface area contributed by atoms with E-state index in [0.29, 0.717) is 39.7 Å². The number of hydrogen-bond donors (Lipinski definition) is 3. The Balaban J connectivity index is 1.81. The van der Waals surface area contributed by atoms with Crippen molar-refractivity contribution in [3.8, 4) is 17.4 Å². The number of carbonyl (C=O) groups is 2. The molecule has 154 valence electrons. The van der Waals surface area contributed by atoms with Gasteiger partial charge in [-0.3, -0.25) is 0 Å². The van der Waals surface area contributed by atoms with Crippen molar-refractivity contribution >= 4 is 23.1 Å². The van der Waals surface area contributed by atoms with Crippen LogP contribution in [0.25, 0.3) is 22.7 Å². The summed E-state index contributed by atoms with van der Waals surface area (Å²) < 4.78 is 15.4. The van der Waals surface area contributed by atoms with Gasteiger partial charge in [0.1, 0.15) is 16.7 Å². The minimum absolute atomic E-state index is 0.196. The van der Waals surface area contributed by atoms with Gasteiger partial charge in [0.05, 0.1) is 32.0 Å². The quantitative estimate of drug-likeness (QED) is 0.560. The number of nitrogens with zero attached hydrogens (tertiary/aromatic N) is 2. The van der Waals surface area contributed by atoms with Crippen molar-refractivity contribution < 1.29 is 23.8 Å². The molecule has 10 heteroatoms. The summed E-state index contributed by atoms with van der Waals surface area (Å²) in [7, 11) is 2.77. The van der Waals surface area contributed by atoms with Crippen LogP contribution >= 0.6 is 0 Å².